The van der Waals surface area contributed by atoms with E-state index in [0.29, 0.717) is 5.92 Å². The van der Waals surface area contributed by atoms with Crippen LogP contribution in [-0.4, -0.2) is 36.2 Å². The van der Waals surface area contributed by atoms with E-state index in [1.165, 1.54) is 18.2 Å². The molecule has 152 valence electrons. The minimum Gasteiger partial charge on any atom is -0.371 e. The van der Waals surface area contributed by atoms with Crippen LogP contribution in [0, 0.1) is 12.8 Å². The molecule has 0 saturated carbocycles. The molecule has 8 heteroatoms. The molecule has 28 heavy (non-hydrogen) atoms. The van der Waals surface area contributed by atoms with Crippen molar-refractivity contribution < 1.29 is 16.8 Å². The van der Waals surface area contributed by atoms with Crippen molar-refractivity contribution in [1.82, 2.24) is 0 Å². The number of aryl methyl sites for hydroxylation is 1. The van der Waals surface area contributed by atoms with E-state index in [2.05, 4.69) is 16.5 Å². The van der Waals surface area contributed by atoms with E-state index in [-0.39, 0.29) is 15.5 Å². The summed E-state index contributed by atoms with van der Waals surface area (Å²) in [5.74, 6) is 0.538. The Balaban J connectivity index is 2.01. The van der Waals surface area contributed by atoms with Crippen LogP contribution in [0.3, 0.4) is 0 Å². The van der Waals surface area contributed by atoms with Crippen molar-refractivity contribution in [3.05, 3.63) is 48.0 Å². The number of piperidine rings is 1. The maximum Gasteiger partial charge on any atom is 0.261 e. The number of sulfonamides is 1. The maximum atomic E-state index is 12.8. The van der Waals surface area contributed by atoms with Gasteiger partial charge in [0, 0.05) is 25.0 Å². The molecule has 1 aliphatic rings. The van der Waals surface area contributed by atoms with E-state index in [0.717, 1.165) is 43.4 Å². The lowest BCUT2D eigenvalue weighted by molar-refractivity contribution is 0.447. The lowest BCUT2D eigenvalue weighted by Gasteiger charge is -2.33. The Morgan fingerprint density at radius 3 is 2.32 bits per heavy atom. The van der Waals surface area contributed by atoms with Gasteiger partial charge in [-0.3, -0.25) is 4.72 Å². The third kappa shape index (κ3) is 4.67. The summed E-state index contributed by atoms with van der Waals surface area (Å²) in [6.07, 6.45) is 3.29. The molecule has 6 nitrogen and oxygen atoms in total. The van der Waals surface area contributed by atoms with Gasteiger partial charge in [0.05, 0.1) is 15.5 Å². The number of benzene rings is 2. The van der Waals surface area contributed by atoms with E-state index >= 15 is 0 Å². The molecule has 2 aromatic rings. The van der Waals surface area contributed by atoms with E-state index in [1.807, 2.05) is 6.92 Å². The van der Waals surface area contributed by atoms with Crippen LogP contribution in [-0.2, 0) is 19.9 Å². The lowest BCUT2D eigenvalue weighted by atomic mass is 10.00. The number of hydrogen-bond donors (Lipinski definition) is 1. The molecule has 1 unspecified atom stereocenters. The van der Waals surface area contributed by atoms with Gasteiger partial charge in [0.15, 0.2) is 9.84 Å². The van der Waals surface area contributed by atoms with Crippen LogP contribution in [0.5, 0.6) is 0 Å². The fourth-order valence-corrected chi connectivity index (χ4v) is 5.42. The number of nitrogens with zero attached hydrogens (tertiary/aromatic N) is 1. The molecule has 1 saturated heterocycles. The highest BCUT2D eigenvalue weighted by Gasteiger charge is 2.23. The Morgan fingerprint density at radius 1 is 1.04 bits per heavy atom. The molecule has 0 amide bonds. The summed E-state index contributed by atoms with van der Waals surface area (Å²) in [6, 6.07) is 11.3. The van der Waals surface area contributed by atoms with E-state index in [9.17, 15) is 16.8 Å². The van der Waals surface area contributed by atoms with Crippen molar-refractivity contribution in [2.24, 2.45) is 5.92 Å². The summed E-state index contributed by atoms with van der Waals surface area (Å²) >= 11 is 0. The van der Waals surface area contributed by atoms with Gasteiger partial charge >= 0.3 is 0 Å². The predicted molar refractivity (Wildman–Crippen MR) is 112 cm³/mol. The Morgan fingerprint density at radius 2 is 1.71 bits per heavy atom. The summed E-state index contributed by atoms with van der Waals surface area (Å²) in [7, 11) is -7.50. The normalized spacial score (nSPS) is 18.1. The standard InChI is InChI=1S/C20H26N2O4S2/c1-15-6-9-18(10-7-15)28(25,26)21-19-13-17(8-11-20(19)27(3,23)24)22-12-4-5-16(2)14-22/h6-11,13,16,21H,4-5,12,14H2,1-3H3. The second-order valence-electron chi connectivity index (χ2n) is 7.56. The van der Waals surface area contributed by atoms with Gasteiger partial charge in [0.25, 0.3) is 10.0 Å². The van der Waals surface area contributed by atoms with Gasteiger partial charge in [-0.15, -0.1) is 0 Å². The molecule has 3 rings (SSSR count). The second-order valence-corrected chi connectivity index (χ2v) is 11.2. The Kier molecular flexibility index (Phi) is 5.72. The molecule has 1 heterocycles. The van der Waals surface area contributed by atoms with Crippen molar-refractivity contribution in [3.8, 4) is 0 Å². The van der Waals surface area contributed by atoms with Gasteiger partial charge in [-0.05, 0) is 56.0 Å². The van der Waals surface area contributed by atoms with E-state index in [1.54, 1.807) is 24.3 Å². The van der Waals surface area contributed by atoms with Gasteiger partial charge in [0.1, 0.15) is 0 Å². The summed E-state index contributed by atoms with van der Waals surface area (Å²) in [5.41, 5.74) is 1.84. The summed E-state index contributed by atoms with van der Waals surface area (Å²) < 4.78 is 52.5. The molecule has 1 fully saturated rings. The molecule has 1 atom stereocenters. The summed E-state index contributed by atoms with van der Waals surface area (Å²) in [5, 5.41) is 0. The number of rotatable bonds is 5. The Labute approximate surface area is 167 Å². The zero-order valence-corrected chi connectivity index (χ0v) is 18.0. The van der Waals surface area contributed by atoms with Gasteiger partial charge in [0.2, 0.25) is 0 Å². The zero-order valence-electron chi connectivity index (χ0n) is 16.3. The molecule has 0 aliphatic carbocycles. The smallest absolute Gasteiger partial charge is 0.261 e. The average Bonchev–Trinajstić information content (AvgIpc) is 2.60. The molecule has 1 N–H and O–H groups in total. The lowest BCUT2D eigenvalue weighted by Crippen LogP contribution is -2.34. The summed E-state index contributed by atoms with van der Waals surface area (Å²) in [6.45, 7) is 5.78. The van der Waals surface area contributed by atoms with Crippen LogP contribution >= 0.6 is 0 Å². The van der Waals surface area contributed by atoms with Crippen LogP contribution in [0.15, 0.2) is 52.3 Å². The average molecular weight is 423 g/mol. The van der Waals surface area contributed by atoms with Crippen LogP contribution in [0.4, 0.5) is 11.4 Å². The largest absolute Gasteiger partial charge is 0.371 e. The monoisotopic (exact) mass is 422 g/mol. The van der Waals surface area contributed by atoms with E-state index in [4.69, 9.17) is 0 Å². The van der Waals surface area contributed by atoms with Crippen LogP contribution in [0.1, 0.15) is 25.3 Å². The SMILES string of the molecule is Cc1ccc(S(=O)(=O)Nc2cc(N3CCCC(C)C3)ccc2S(C)(=O)=O)cc1. The van der Waals surface area contributed by atoms with Gasteiger partial charge in [-0.1, -0.05) is 24.6 Å². The predicted octanol–water partition coefficient (Wildman–Crippen LogP) is 3.44. The fourth-order valence-electron chi connectivity index (χ4n) is 3.46. The van der Waals surface area contributed by atoms with Gasteiger partial charge in [-0.2, -0.15) is 0 Å². The fraction of sp³-hybridized carbons (Fsp3) is 0.400. The van der Waals surface area contributed by atoms with Crippen molar-refractivity contribution >= 4 is 31.2 Å². The highest BCUT2D eigenvalue weighted by Crippen LogP contribution is 2.31. The molecule has 0 aromatic heterocycles. The first-order chi connectivity index (χ1) is 13.1. The second kappa shape index (κ2) is 7.75. The van der Waals surface area contributed by atoms with Gasteiger partial charge < -0.3 is 4.90 Å². The van der Waals surface area contributed by atoms with Crippen LogP contribution in [0.2, 0.25) is 0 Å². The van der Waals surface area contributed by atoms with Crippen molar-refractivity contribution in [2.45, 2.75) is 36.5 Å². The maximum absolute atomic E-state index is 12.8. The highest BCUT2D eigenvalue weighted by molar-refractivity contribution is 7.93. The summed E-state index contributed by atoms with van der Waals surface area (Å²) in [4.78, 5) is 2.23. The molecular formula is C20H26N2O4S2. The third-order valence-electron chi connectivity index (χ3n) is 4.96. The van der Waals surface area contributed by atoms with Crippen LogP contribution < -0.4 is 9.62 Å². The Hall–Kier alpha value is -2.06. The first-order valence-corrected chi connectivity index (χ1v) is 12.6. The Bertz CT molecular complexity index is 1060. The molecule has 0 radical (unpaired) electrons. The minimum atomic E-state index is -3.90. The molecule has 2 aromatic carbocycles. The molecular weight excluding hydrogens is 396 g/mol. The first-order valence-electron chi connectivity index (χ1n) is 9.25. The van der Waals surface area contributed by atoms with Crippen LogP contribution in [0.25, 0.3) is 0 Å². The zero-order chi connectivity index (χ0) is 20.5. The topological polar surface area (TPSA) is 83.6 Å². The van der Waals surface area contributed by atoms with Crippen molar-refractivity contribution in [1.29, 1.82) is 0 Å². The molecule has 0 bridgehead atoms. The number of nitrogens with one attached hydrogen (secondary N) is 1. The van der Waals surface area contributed by atoms with Crippen molar-refractivity contribution in [2.75, 3.05) is 29.0 Å². The third-order valence-corrected chi connectivity index (χ3v) is 7.50. The van der Waals surface area contributed by atoms with Gasteiger partial charge in [-0.25, -0.2) is 16.8 Å². The number of sulfone groups is 1. The first kappa shape index (κ1) is 20.7. The van der Waals surface area contributed by atoms with E-state index < -0.39 is 19.9 Å². The number of hydrogen-bond acceptors (Lipinski definition) is 5. The quantitative estimate of drug-likeness (QED) is 0.798. The molecule has 0 spiro atoms. The number of anilines is 2. The van der Waals surface area contributed by atoms with Crippen molar-refractivity contribution in [3.63, 3.8) is 0 Å². The highest BCUT2D eigenvalue weighted by atomic mass is 32.2. The molecule has 1 aliphatic heterocycles. The minimum absolute atomic E-state index is 0.0306.